The molecule has 1 aromatic carbocycles. The number of hydrogen-bond donors (Lipinski definition) is 2. The summed E-state index contributed by atoms with van der Waals surface area (Å²) in [6.45, 7) is 3.48. The first-order valence-electron chi connectivity index (χ1n) is 12.7. The summed E-state index contributed by atoms with van der Waals surface area (Å²) in [7, 11) is 4.86. The van der Waals surface area contributed by atoms with Crippen molar-refractivity contribution in [3.05, 3.63) is 40.4 Å². The minimum absolute atomic E-state index is 0.0259. The van der Waals surface area contributed by atoms with E-state index in [1.807, 2.05) is 11.0 Å². The largest absolute Gasteiger partial charge is 0.383 e. The summed E-state index contributed by atoms with van der Waals surface area (Å²) in [5.74, 6) is -0.729. The fourth-order valence-corrected chi connectivity index (χ4v) is 5.70. The van der Waals surface area contributed by atoms with Crippen molar-refractivity contribution in [1.82, 2.24) is 15.2 Å². The number of carbonyl (C=O) groups excluding carboxylic acids is 2. The molecule has 2 aromatic rings. The molecule has 0 bridgehead atoms. The van der Waals surface area contributed by atoms with Crippen LogP contribution in [0.2, 0.25) is 0 Å². The van der Waals surface area contributed by atoms with Crippen molar-refractivity contribution in [2.75, 3.05) is 70.9 Å². The summed E-state index contributed by atoms with van der Waals surface area (Å²) < 4.78 is 29.8. The lowest BCUT2D eigenvalue weighted by atomic mass is 10.1. The van der Waals surface area contributed by atoms with Crippen LogP contribution in [0.3, 0.4) is 0 Å². The lowest BCUT2D eigenvalue weighted by Crippen LogP contribution is -2.33. The summed E-state index contributed by atoms with van der Waals surface area (Å²) in [4.78, 5) is 34.8. The monoisotopic (exact) mass is 549 g/mol. The van der Waals surface area contributed by atoms with E-state index in [0.29, 0.717) is 50.5 Å². The van der Waals surface area contributed by atoms with Crippen LogP contribution in [0, 0.1) is 0 Å². The number of aromatic nitrogens is 1. The predicted octanol–water partition coefficient (Wildman–Crippen LogP) is 2.56. The highest BCUT2D eigenvalue weighted by Crippen LogP contribution is 2.28. The summed E-state index contributed by atoms with van der Waals surface area (Å²) in [6.07, 6.45) is 0.594. The maximum Gasteiger partial charge on any atom is 0.275 e. The van der Waals surface area contributed by atoms with Gasteiger partial charge in [-0.2, -0.15) is 0 Å². The van der Waals surface area contributed by atoms with Gasteiger partial charge in [-0.1, -0.05) is 6.07 Å². The van der Waals surface area contributed by atoms with Crippen molar-refractivity contribution in [3.63, 3.8) is 0 Å². The van der Waals surface area contributed by atoms with Crippen molar-refractivity contribution in [2.45, 2.75) is 37.7 Å². The molecule has 4 rings (SSSR count). The van der Waals surface area contributed by atoms with Gasteiger partial charge in [0.05, 0.1) is 30.6 Å². The molecule has 38 heavy (non-hydrogen) atoms. The molecule has 2 saturated heterocycles. The molecular weight excluding hydrogens is 513 g/mol. The second-order valence-corrected chi connectivity index (χ2v) is 10.4. The molecule has 0 saturated carbocycles. The predicted molar refractivity (Wildman–Crippen MR) is 144 cm³/mol. The zero-order valence-electron chi connectivity index (χ0n) is 22.1. The Balaban J connectivity index is 1.50. The minimum atomic E-state index is -0.908. The normalized spacial score (nSPS) is 21.7. The van der Waals surface area contributed by atoms with Gasteiger partial charge in [0.15, 0.2) is 5.13 Å². The van der Waals surface area contributed by atoms with E-state index in [4.69, 9.17) is 14.2 Å². The van der Waals surface area contributed by atoms with Gasteiger partial charge in [0.25, 0.3) is 11.8 Å². The van der Waals surface area contributed by atoms with E-state index in [9.17, 15) is 14.0 Å². The van der Waals surface area contributed by atoms with Crippen LogP contribution in [0.15, 0.2) is 23.6 Å². The molecule has 2 aliphatic rings. The van der Waals surface area contributed by atoms with E-state index in [1.165, 1.54) is 11.3 Å². The van der Waals surface area contributed by atoms with E-state index in [0.717, 1.165) is 30.2 Å². The number of carbonyl (C=O) groups is 2. The summed E-state index contributed by atoms with van der Waals surface area (Å²) >= 11 is 1.41. The number of alkyl halides is 1. The van der Waals surface area contributed by atoms with Gasteiger partial charge in [0.1, 0.15) is 11.9 Å². The standard InChI is InChI=1S/C26H36FN5O5S/c1-35-9-7-28-24(33)21-10-17(12-32-13-18(27)11-19(32)15-36-2)4-5-22(21)29-25(34)23-16-38-26(30-23)31-8-6-20(14-31)37-3/h4-5,10,16,18-20H,6-9,11-15H2,1-3H3,(H,28,33)(H,29,34)/t18-,19+,20-/m0/s1. The van der Waals surface area contributed by atoms with E-state index in [1.54, 1.807) is 38.8 Å². The van der Waals surface area contributed by atoms with E-state index in [2.05, 4.69) is 20.5 Å². The Labute approximate surface area is 226 Å². The molecule has 2 amide bonds. The maximum absolute atomic E-state index is 14.1. The number of nitrogens with one attached hydrogen (secondary N) is 2. The third kappa shape index (κ3) is 7.06. The smallest absolute Gasteiger partial charge is 0.275 e. The second-order valence-electron chi connectivity index (χ2n) is 9.56. The maximum atomic E-state index is 14.1. The fraction of sp³-hybridized carbons (Fsp3) is 0.577. The number of thiazole rings is 1. The van der Waals surface area contributed by atoms with Crippen LogP contribution in [0.4, 0.5) is 15.2 Å². The fourth-order valence-electron chi connectivity index (χ4n) is 4.86. The first-order chi connectivity index (χ1) is 18.4. The lowest BCUT2D eigenvalue weighted by Gasteiger charge is -2.24. The number of hydrogen-bond acceptors (Lipinski definition) is 9. The van der Waals surface area contributed by atoms with Crippen LogP contribution in [0.25, 0.3) is 0 Å². The van der Waals surface area contributed by atoms with Crippen LogP contribution < -0.4 is 15.5 Å². The Bertz CT molecular complexity index is 1100. The number of benzene rings is 1. The van der Waals surface area contributed by atoms with Gasteiger partial charge in [-0.3, -0.25) is 14.5 Å². The molecule has 0 spiro atoms. The van der Waals surface area contributed by atoms with E-state index >= 15 is 0 Å². The van der Waals surface area contributed by atoms with Crippen molar-refractivity contribution in [1.29, 1.82) is 0 Å². The molecule has 2 fully saturated rings. The molecule has 3 heterocycles. The van der Waals surface area contributed by atoms with E-state index in [-0.39, 0.29) is 23.7 Å². The minimum Gasteiger partial charge on any atom is -0.383 e. The van der Waals surface area contributed by atoms with E-state index < -0.39 is 12.1 Å². The molecule has 3 atom stereocenters. The van der Waals surface area contributed by atoms with Crippen molar-refractivity contribution >= 4 is 34.0 Å². The molecule has 2 N–H and O–H groups in total. The number of halogens is 1. The van der Waals surface area contributed by atoms with Crippen molar-refractivity contribution < 1.29 is 28.2 Å². The molecule has 1 aromatic heterocycles. The summed E-state index contributed by atoms with van der Waals surface area (Å²) in [6, 6.07) is 5.28. The Kier molecular flexibility index (Phi) is 10.0. The molecule has 0 radical (unpaired) electrons. The zero-order chi connectivity index (χ0) is 27.1. The summed E-state index contributed by atoms with van der Waals surface area (Å²) in [5, 5.41) is 8.16. The zero-order valence-corrected chi connectivity index (χ0v) is 22.9. The molecule has 10 nitrogen and oxygen atoms in total. The van der Waals surface area contributed by atoms with Gasteiger partial charge in [-0.15, -0.1) is 11.3 Å². The Morgan fingerprint density at radius 3 is 2.76 bits per heavy atom. The number of likely N-dealkylation sites (tertiary alicyclic amines) is 1. The van der Waals surface area contributed by atoms with Gasteiger partial charge in [0.2, 0.25) is 0 Å². The van der Waals surface area contributed by atoms with Crippen LogP contribution in [0.5, 0.6) is 0 Å². The van der Waals surface area contributed by atoms with Crippen LogP contribution in [-0.2, 0) is 20.8 Å². The Morgan fingerprint density at radius 1 is 1.18 bits per heavy atom. The summed E-state index contributed by atoms with van der Waals surface area (Å²) in [5.41, 5.74) is 1.83. The third-order valence-corrected chi connectivity index (χ3v) is 7.77. The van der Waals surface area contributed by atoms with Gasteiger partial charge in [-0.05, 0) is 30.5 Å². The number of anilines is 2. The van der Waals surface area contributed by atoms with Crippen LogP contribution in [0.1, 0.15) is 39.3 Å². The third-order valence-electron chi connectivity index (χ3n) is 6.86. The Morgan fingerprint density at radius 2 is 2.03 bits per heavy atom. The van der Waals surface area contributed by atoms with Gasteiger partial charge in [0, 0.05) is 65.5 Å². The van der Waals surface area contributed by atoms with Gasteiger partial charge in [-0.25, -0.2) is 9.37 Å². The number of ether oxygens (including phenoxy) is 3. The molecule has 12 heteroatoms. The highest BCUT2D eigenvalue weighted by atomic mass is 32.1. The molecule has 0 aliphatic carbocycles. The number of amides is 2. The molecule has 208 valence electrons. The first-order valence-corrected chi connectivity index (χ1v) is 13.6. The number of nitrogens with zero attached hydrogens (tertiary/aromatic N) is 3. The number of rotatable bonds is 12. The highest BCUT2D eigenvalue weighted by molar-refractivity contribution is 7.14. The van der Waals surface area contributed by atoms with Gasteiger partial charge < -0.3 is 29.7 Å². The first kappa shape index (κ1) is 28.4. The molecular formula is C26H36FN5O5S. The molecule has 2 aliphatic heterocycles. The van der Waals surface area contributed by atoms with Crippen molar-refractivity contribution in [2.24, 2.45) is 0 Å². The molecule has 0 unspecified atom stereocenters. The second kappa shape index (κ2) is 13.4. The average molecular weight is 550 g/mol. The number of methoxy groups -OCH3 is 3. The highest BCUT2D eigenvalue weighted by Gasteiger charge is 2.32. The topological polar surface area (TPSA) is 105 Å². The SMILES string of the molecule is COCCNC(=O)c1cc(CN2C[C@@H](F)C[C@@H]2COC)ccc1NC(=O)c1csc(N2CC[C@H](OC)C2)n1. The quantitative estimate of drug-likeness (QED) is 0.390. The Hall–Kier alpha value is -2.64. The van der Waals surface area contributed by atoms with Gasteiger partial charge >= 0.3 is 0 Å². The average Bonchev–Trinajstić information content (AvgIpc) is 3.65. The lowest BCUT2D eigenvalue weighted by molar-refractivity contribution is 0.0937. The van der Waals surface area contributed by atoms with Crippen molar-refractivity contribution in [3.8, 4) is 0 Å². The van der Waals surface area contributed by atoms with Crippen LogP contribution >= 0.6 is 11.3 Å². The van der Waals surface area contributed by atoms with Crippen LogP contribution in [-0.4, -0.2) is 101 Å².